The number of halogens is 1. The maximum atomic E-state index is 11.1. The van der Waals surface area contributed by atoms with Gasteiger partial charge in [0.2, 0.25) is 0 Å². The molecule has 2 heteroatoms. The predicted octanol–water partition coefficient (Wildman–Crippen LogP) is 3.01. The van der Waals surface area contributed by atoms with Gasteiger partial charge >= 0.3 is 0 Å². The summed E-state index contributed by atoms with van der Waals surface area (Å²) in [7, 11) is 0. The van der Waals surface area contributed by atoms with E-state index in [0.29, 0.717) is 0 Å². The molecule has 0 saturated heterocycles. The molecule has 1 atom stereocenters. The van der Waals surface area contributed by atoms with Crippen molar-refractivity contribution in [3.05, 3.63) is 0 Å². The quantitative estimate of drug-likeness (QED) is 0.569. The lowest BCUT2D eigenvalue weighted by Gasteiger charge is -2.10. The smallest absolute Gasteiger partial charge is 0.150 e. The Labute approximate surface area is 74.1 Å². The van der Waals surface area contributed by atoms with Crippen LogP contribution < -0.4 is 0 Å². The van der Waals surface area contributed by atoms with Crippen LogP contribution in [0.5, 0.6) is 0 Å². The molecule has 0 bridgehead atoms. The van der Waals surface area contributed by atoms with E-state index in [-0.39, 0.29) is 17.6 Å². The molecule has 0 heterocycles. The van der Waals surface area contributed by atoms with Crippen molar-refractivity contribution in [2.45, 2.75) is 39.5 Å². The number of Topliss-reactive ketones (excluding diaryl/α,β-unsaturated/α-hetero) is 1. The molecule has 66 valence electrons. The highest BCUT2D eigenvalue weighted by molar-refractivity contribution is 6.27. The van der Waals surface area contributed by atoms with Crippen molar-refractivity contribution in [3.8, 4) is 0 Å². The highest BCUT2D eigenvalue weighted by Gasteiger charge is 2.13. The van der Waals surface area contributed by atoms with E-state index in [1.54, 1.807) is 0 Å². The van der Waals surface area contributed by atoms with Crippen LogP contribution in [0.3, 0.4) is 0 Å². The van der Waals surface area contributed by atoms with Crippen molar-refractivity contribution in [1.29, 1.82) is 0 Å². The lowest BCUT2D eigenvalue weighted by Crippen LogP contribution is -2.14. The van der Waals surface area contributed by atoms with Crippen molar-refractivity contribution in [1.82, 2.24) is 0 Å². The van der Waals surface area contributed by atoms with Crippen LogP contribution in [-0.2, 0) is 4.79 Å². The zero-order chi connectivity index (χ0) is 8.69. The Bertz CT molecular complexity index is 112. The van der Waals surface area contributed by atoms with Gasteiger partial charge in [0.15, 0.2) is 5.78 Å². The maximum Gasteiger partial charge on any atom is 0.150 e. The molecule has 0 spiro atoms. The van der Waals surface area contributed by atoms with Crippen LogP contribution >= 0.6 is 11.6 Å². The Hall–Kier alpha value is -0.0400. The summed E-state index contributed by atoms with van der Waals surface area (Å²) in [5.74, 6) is 0.609. The molecule has 11 heavy (non-hydrogen) atoms. The second kappa shape index (κ2) is 6.66. The molecule has 0 radical (unpaired) electrons. The van der Waals surface area contributed by atoms with Crippen molar-refractivity contribution >= 4 is 17.4 Å². The van der Waals surface area contributed by atoms with E-state index in [2.05, 4.69) is 6.92 Å². The number of unbranched alkanes of at least 4 members (excludes halogenated alkanes) is 1. The molecule has 0 aromatic rings. The molecular formula is C9H17ClO. The van der Waals surface area contributed by atoms with Gasteiger partial charge in [0.05, 0.1) is 5.88 Å². The summed E-state index contributed by atoms with van der Waals surface area (Å²) in [6.07, 6.45) is 4.25. The molecule has 0 aliphatic rings. The number of ketones is 1. The fourth-order valence-corrected chi connectivity index (χ4v) is 1.37. The molecule has 0 N–H and O–H groups in total. The second-order valence-electron chi connectivity index (χ2n) is 2.85. The normalized spacial score (nSPS) is 13.0. The lowest BCUT2D eigenvalue weighted by atomic mass is 9.96. The van der Waals surface area contributed by atoms with E-state index in [1.165, 1.54) is 0 Å². The van der Waals surface area contributed by atoms with Gasteiger partial charge in [-0.05, 0) is 12.8 Å². The fraction of sp³-hybridized carbons (Fsp3) is 0.889. The average Bonchev–Trinajstić information content (AvgIpc) is 2.05. The number of rotatable bonds is 6. The van der Waals surface area contributed by atoms with E-state index in [4.69, 9.17) is 11.6 Å². The van der Waals surface area contributed by atoms with Gasteiger partial charge in [-0.3, -0.25) is 4.79 Å². The summed E-state index contributed by atoms with van der Waals surface area (Å²) in [6.45, 7) is 4.18. The van der Waals surface area contributed by atoms with Crippen LogP contribution in [-0.4, -0.2) is 11.7 Å². The van der Waals surface area contributed by atoms with Gasteiger partial charge in [0.1, 0.15) is 0 Å². The molecule has 0 aromatic carbocycles. The van der Waals surface area contributed by atoms with E-state index >= 15 is 0 Å². The van der Waals surface area contributed by atoms with Gasteiger partial charge in [-0.15, -0.1) is 11.6 Å². The first kappa shape index (κ1) is 11.0. The summed E-state index contributed by atoms with van der Waals surface area (Å²) in [4.78, 5) is 11.1. The maximum absolute atomic E-state index is 11.1. The molecule has 0 fully saturated rings. The largest absolute Gasteiger partial charge is 0.298 e. The number of hydrogen-bond acceptors (Lipinski definition) is 1. The minimum absolute atomic E-state index is 0.183. The average molecular weight is 177 g/mol. The summed E-state index contributed by atoms with van der Waals surface area (Å²) in [5, 5.41) is 0. The zero-order valence-corrected chi connectivity index (χ0v) is 8.16. The Morgan fingerprint density at radius 1 is 1.45 bits per heavy atom. The molecule has 0 rings (SSSR count). The van der Waals surface area contributed by atoms with Gasteiger partial charge in [-0.2, -0.15) is 0 Å². The number of carbonyl (C=O) groups is 1. The standard InChI is InChI=1S/C9H17ClO/c1-3-5-6-8(4-2)9(11)7-10/h8H,3-7H2,1-2H3. The molecule has 0 aliphatic heterocycles. The van der Waals surface area contributed by atoms with Gasteiger partial charge in [-0.25, -0.2) is 0 Å². The molecule has 0 amide bonds. The SMILES string of the molecule is CCCCC(CC)C(=O)CCl. The van der Waals surface area contributed by atoms with Crippen LogP contribution in [0.2, 0.25) is 0 Å². The summed E-state index contributed by atoms with van der Waals surface area (Å²) in [6, 6.07) is 0. The Balaban J connectivity index is 3.65. The Morgan fingerprint density at radius 3 is 2.45 bits per heavy atom. The van der Waals surface area contributed by atoms with Crippen molar-refractivity contribution in [2.75, 3.05) is 5.88 Å². The predicted molar refractivity (Wildman–Crippen MR) is 49.0 cm³/mol. The van der Waals surface area contributed by atoms with E-state index in [9.17, 15) is 4.79 Å². The topological polar surface area (TPSA) is 17.1 Å². The van der Waals surface area contributed by atoms with Crippen LogP contribution in [0.15, 0.2) is 0 Å². The second-order valence-corrected chi connectivity index (χ2v) is 3.11. The van der Waals surface area contributed by atoms with E-state index in [1.807, 2.05) is 6.92 Å². The third kappa shape index (κ3) is 4.41. The first-order valence-corrected chi connectivity index (χ1v) is 4.88. The number of carbonyl (C=O) groups excluding carboxylic acids is 1. The van der Waals surface area contributed by atoms with Gasteiger partial charge in [-0.1, -0.05) is 26.7 Å². The van der Waals surface area contributed by atoms with Gasteiger partial charge < -0.3 is 0 Å². The lowest BCUT2D eigenvalue weighted by molar-refractivity contribution is -0.120. The van der Waals surface area contributed by atoms with Gasteiger partial charge in [0.25, 0.3) is 0 Å². The van der Waals surface area contributed by atoms with E-state index in [0.717, 1.165) is 25.7 Å². The van der Waals surface area contributed by atoms with Crippen molar-refractivity contribution < 1.29 is 4.79 Å². The van der Waals surface area contributed by atoms with Gasteiger partial charge in [0, 0.05) is 5.92 Å². The molecule has 1 unspecified atom stereocenters. The molecular weight excluding hydrogens is 160 g/mol. The molecule has 0 aliphatic carbocycles. The van der Waals surface area contributed by atoms with Crippen LogP contribution in [0, 0.1) is 5.92 Å². The molecule has 0 saturated carbocycles. The van der Waals surface area contributed by atoms with Crippen LogP contribution in [0.25, 0.3) is 0 Å². The molecule has 0 aromatic heterocycles. The third-order valence-electron chi connectivity index (χ3n) is 1.99. The van der Waals surface area contributed by atoms with E-state index < -0.39 is 0 Å². The minimum atomic E-state index is 0.183. The first-order chi connectivity index (χ1) is 5.26. The van der Waals surface area contributed by atoms with Crippen molar-refractivity contribution in [2.24, 2.45) is 5.92 Å². The monoisotopic (exact) mass is 176 g/mol. The highest BCUT2D eigenvalue weighted by atomic mass is 35.5. The van der Waals surface area contributed by atoms with Crippen LogP contribution in [0.1, 0.15) is 39.5 Å². The number of alkyl halides is 1. The first-order valence-electron chi connectivity index (χ1n) is 4.34. The summed E-state index contributed by atoms with van der Waals surface area (Å²) >= 11 is 5.45. The summed E-state index contributed by atoms with van der Waals surface area (Å²) in [5.41, 5.74) is 0. The van der Waals surface area contributed by atoms with Crippen molar-refractivity contribution in [3.63, 3.8) is 0 Å². The number of hydrogen-bond donors (Lipinski definition) is 0. The highest BCUT2D eigenvalue weighted by Crippen LogP contribution is 2.13. The third-order valence-corrected chi connectivity index (χ3v) is 2.25. The Kier molecular flexibility index (Phi) is 6.63. The molecule has 1 nitrogen and oxygen atoms in total. The minimum Gasteiger partial charge on any atom is -0.298 e. The Morgan fingerprint density at radius 2 is 2.09 bits per heavy atom. The van der Waals surface area contributed by atoms with Crippen LogP contribution in [0.4, 0.5) is 0 Å². The summed E-state index contributed by atoms with van der Waals surface area (Å²) < 4.78 is 0. The zero-order valence-electron chi connectivity index (χ0n) is 7.40. The fourth-order valence-electron chi connectivity index (χ4n) is 1.15.